The molecule has 0 unspecified atom stereocenters. The molecule has 2 heterocycles. The van der Waals surface area contributed by atoms with Gasteiger partial charge in [-0.1, -0.05) is 54.5 Å². The fourth-order valence-electron chi connectivity index (χ4n) is 3.84. The molecule has 32 heavy (non-hydrogen) atoms. The monoisotopic (exact) mass is 435 g/mol. The van der Waals surface area contributed by atoms with Crippen LogP contribution in [0.3, 0.4) is 0 Å². The maximum Gasteiger partial charge on any atom is 0.281 e. The third kappa shape index (κ3) is 5.72. The van der Waals surface area contributed by atoms with E-state index in [1.165, 1.54) is 17.5 Å². The van der Waals surface area contributed by atoms with Gasteiger partial charge in [0.05, 0.1) is 5.69 Å². The number of hydrogen-bond donors (Lipinski definition) is 2. The number of amides is 1. The Hall–Kier alpha value is -3.23. The lowest BCUT2D eigenvalue weighted by molar-refractivity contribution is 0.0659. The van der Waals surface area contributed by atoms with Gasteiger partial charge in [0.2, 0.25) is 5.69 Å². The molecule has 1 fully saturated rings. The molecular weight excluding hydrogens is 406 g/mol. The lowest BCUT2D eigenvalue weighted by Crippen LogP contribution is -2.36. The summed E-state index contributed by atoms with van der Waals surface area (Å²) in [6, 6.07) is 18.5. The first-order chi connectivity index (χ1) is 15.7. The van der Waals surface area contributed by atoms with Crippen LogP contribution in [0.5, 0.6) is 5.88 Å². The summed E-state index contributed by atoms with van der Waals surface area (Å²) >= 11 is 0. The van der Waals surface area contributed by atoms with E-state index in [2.05, 4.69) is 20.5 Å². The number of aliphatic hydroxyl groups excluding tert-OH is 1. The lowest BCUT2D eigenvalue weighted by Gasteiger charge is -2.23. The normalized spacial score (nSPS) is 15.7. The zero-order valence-electron chi connectivity index (χ0n) is 18.1. The van der Waals surface area contributed by atoms with Gasteiger partial charge >= 0.3 is 0 Å². The van der Waals surface area contributed by atoms with Crippen molar-refractivity contribution < 1.29 is 14.6 Å². The van der Waals surface area contributed by atoms with Crippen molar-refractivity contribution in [2.24, 2.45) is 0 Å². The topological polar surface area (TPSA) is 92.5 Å². The third-order valence-electron chi connectivity index (χ3n) is 5.46. The molecule has 8 heteroatoms. The number of β-amino-alcohol motifs (C(OH)–C–C–N with tert-alkyl or cyclic N) is 1. The van der Waals surface area contributed by atoms with E-state index in [4.69, 9.17) is 4.74 Å². The summed E-state index contributed by atoms with van der Waals surface area (Å²) in [4.78, 5) is 15.2. The third-order valence-corrected chi connectivity index (χ3v) is 5.46. The van der Waals surface area contributed by atoms with Crippen molar-refractivity contribution in [1.29, 1.82) is 0 Å². The molecule has 1 aromatic heterocycles. The number of likely N-dealkylation sites (tertiary alicyclic amines) is 1. The largest absolute Gasteiger partial charge is 0.473 e. The van der Waals surface area contributed by atoms with Crippen LogP contribution in [0.2, 0.25) is 0 Å². The second kappa shape index (κ2) is 10.9. The number of nitrogens with one attached hydrogen (secondary N) is 1. The van der Waals surface area contributed by atoms with Crippen LogP contribution in [0, 0.1) is 0 Å². The van der Waals surface area contributed by atoms with Crippen LogP contribution < -0.4 is 10.1 Å². The summed E-state index contributed by atoms with van der Waals surface area (Å²) in [5, 5.41) is 21.6. The number of ether oxygens (including phenoxy) is 1. The van der Waals surface area contributed by atoms with Gasteiger partial charge in [-0.25, -0.2) is 0 Å². The molecule has 1 aliphatic heterocycles. The fourth-order valence-corrected chi connectivity index (χ4v) is 3.84. The zero-order valence-corrected chi connectivity index (χ0v) is 18.1. The van der Waals surface area contributed by atoms with Crippen molar-refractivity contribution in [1.82, 2.24) is 19.9 Å². The number of rotatable bonds is 8. The average molecular weight is 436 g/mol. The molecule has 2 N–H and O–H groups in total. The Labute approximate surface area is 187 Å². The Bertz CT molecular complexity index is 985. The van der Waals surface area contributed by atoms with Gasteiger partial charge in [-0.05, 0) is 50.2 Å². The van der Waals surface area contributed by atoms with Crippen LogP contribution >= 0.6 is 0 Å². The number of para-hydroxylation sites is 2. The van der Waals surface area contributed by atoms with Crippen LogP contribution in [0.15, 0.2) is 60.7 Å². The van der Waals surface area contributed by atoms with E-state index in [0.717, 1.165) is 31.6 Å². The number of anilines is 1. The molecule has 3 aromatic rings. The van der Waals surface area contributed by atoms with E-state index in [1.54, 1.807) is 12.1 Å². The highest BCUT2D eigenvalue weighted by Crippen LogP contribution is 2.22. The predicted molar refractivity (Wildman–Crippen MR) is 122 cm³/mol. The molecule has 0 saturated carbocycles. The number of hydrogen-bond acceptors (Lipinski definition) is 6. The van der Waals surface area contributed by atoms with Gasteiger partial charge in [0.1, 0.15) is 12.7 Å². The Morgan fingerprint density at radius 1 is 1.00 bits per heavy atom. The maximum absolute atomic E-state index is 12.9. The summed E-state index contributed by atoms with van der Waals surface area (Å²) in [5.74, 6) is -0.213. The Balaban J connectivity index is 1.50. The predicted octanol–water partition coefficient (Wildman–Crippen LogP) is 3.14. The molecule has 8 nitrogen and oxygen atoms in total. The first-order valence-electron chi connectivity index (χ1n) is 11.1. The first-order valence-corrected chi connectivity index (χ1v) is 11.1. The Morgan fingerprint density at radius 3 is 2.34 bits per heavy atom. The number of benzene rings is 2. The molecule has 168 valence electrons. The van der Waals surface area contributed by atoms with Gasteiger partial charge in [-0.15, -0.1) is 5.10 Å². The molecule has 1 atom stereocenters. The maximum atomic E-state index is 12.9. The highest BCUT2D eigenvalue weighted by Gasteiger charge is 2.24. The Kier molecular flexibility index (Phi) is 7.47. The smallest absolute Gasteiger partial charge is 0.281 e. The molecule has 1 amide bonds. The number of carbonyl (C=O) groups excluding carboxylic acids is 1. The molecule has 4 rings (SSSR count). The number of aliphatic hydroxyl groups is 1. The highest BCUT2D eigenvalue weighted by molar-refractivity contribution is 6.04. The van der Waals surface area contributed by atoms with Gasteiger partial charge in [0, 0.05) is 12.2 Å². The summed E-state index contributed by atoms with van der Waals surface area (Å²) < 4.78 is 7.44. The highest BCUT2D eigenvalue weighted by atomic mass is 16.5. The van der Waals surface area contributed by atoms with Crippen LogP contribution in [-0.2, 0) is 0 Å². The molecule has 1 aliphatic rings. The van der Waals surface area contributed by atoms with Gasteiger partial charge in [0.25, 0.3) is 11.8 Å². The second-order valence-corrected chi connectivity index (χ2v) is 7.99. The molecule has 0 spiro atoms. The molecule has 1 saturated heterocycles. The van der Waals surface area contributed by atoms with Crippen molar-refractivity contribution >= 4 is 11.6 Å². The second-order valence-electron chi connectivity index (χ2n) is 7.99. The Morgan fingerprint density at radius 2 is 1.66 bits per heavy atom. The quantitative estimate of drug-likeness (QED) is 0.565. The van der Waals surface area contributed by atoms with Crippen molar-refractivity contribution in [3.05, 3.63) is 66.4 Å². The van der Waals surface area contributed by atoms with Crippen LogP contribution in [-0.4, -0.2) is 63.3 Å². The molecule has 0 aliphatic carbocycles. The van der Waals surface area contributed by atoms with Gasteiger partial charge in [-0.2, -0.15) is 4.68 Å². The van der Waals surface area contributed by atoms with E-state index in [1.807, 2.05) is 48.5 Å². The van der Waals surface area contributed by atoms with Crippen molar-refractivity contribution in [2.75, 3.05) is 31.6 Å². The average Bonchev–Trinajstić information content (AvgIpc) is 3.08. The van der Waals surface area contributed by atoms with Crippen LogP contribution in [0.1, 0.15) is 36.2 Å². The molecule has 0 bridgehead atoms. The number of carbonyl (C=O) groups is 1. The van der Waals surface area contributed by atoms with Crippen molar-refractivity contribution in [3.63, 3.8) is 0 Å². The van der Waals surface area contributed by atoms with E-state index in [9.17, 15) is 9.90 Å². The summed E-state index contributed by atoms with van der Waals surface area (Å²) in [6.45, 7) is 2.57. The fraction of sp³-hybridized carbons (Fsp3) is 0.375. The SMILES string of the molecule is O=C(Nc1ccccc1)c1nnn(-c2ccccc2)c1OC[C@H](O)CN1CCCCCC1. The van der Waals surface area contributed by atoms with E-state index < -0.39 is 12.0 Å². The summed E-state index contributed by atoms with van der Waals surface area (Å²) in [7, 11) is 0. The van der Waals surface area contributed by atoms with Crippen molar-refractivity contribution in [2.45, 2.75) is 31.8 Å². The van der Waals surface area contributed by atoms with Crippen molar-refractivity contribution in [3.8, 4) is 11.6 Å². The zero-order chi connectivity index (χ0) is 22.2. The van der Waals surface area contributed by atoms with E-state index in [0.29, 0.717) is 12.2 Å². The summed E-state index contributed by atoms with van der Waals surface area (Å²) in [5.41, 5.74) is 1.44. The standard InChI is InChI=1S/C24H29N5O3/c30-21(17-28-15-9-1-2-10-16-28)18-32-24-22(23(31)25-19-11-5-3-6-12-19)26-27-29(24)20-13-7-4-8-14-20/h3-8,11-14,21,30H,1-2,9-10,15-18H2,(H,25,31)/t21-/m1/s1. The minimum absolute atomic E-state index is 0.0440. The minimum Gasteiger partial charge on any atom is -0.473 e. The van der Waals surface area contributed by atoms with Gasteiger partial charge in [0.15, 0.2) is 0 Å². The van der Waals surface area contributed by atoms with Crippen LogP contribution in [0.25, 0.3) is 5.69 Å². The lowest BCUT2D eigenvalue weighted by atomic mass is 10.2. The van der Waals surface area contributed by atoms with Crippen LogP contribution in [0.4, 0.5) is 5.69 Å². The van der Waals surface area contributed by atoms with Gasteiger partial charge in [-0.3, -0.25) is 4.79 Å². The van der Waals surface area contributed by atoms with Gasteiger partial charge < -0.3 is 20.1 Å². The molecule has 0 radical (unpaired) electrons. The van der Waals surface area contributed by atoms with E-state index in [-0.39, 0.29) is 18.2 Å². The molecular formula is C24H29N5O3. The minimum atomic E-state index is -0.683. The first kappa shape index (κ1) is 22.0. The number of nitrogens with zero attached hydrogens (tertiary/aromatic N) is 4. The summed E-state index contributed by atoms with van der Waals surface area (Å²) in [6.07, 6.45) is 4.11. The molecule has 2 aromatic carbocycles. The number of aromatic nitrogens is 3. The van der Waals surface area contributed by atoms with E-state index >= 15 is 0 Å².